The van der Waals surface area contributed by atoms with Gasteiger partial charge in [-0.15, -0.1) is 0 Å². The predicted molar refractivity (Wildman–Crippen MR) is 57.4 cm³/mol. The second-order valence-electron chi connectivity index (χ2n) is 3.46. The van der Waals surface area contributed by atoms with E-state index in [0.717, 1.165) is 5.56 Å². The Morgan fingerprint density at radius 1 is 1.33 bits per heavy atom. The molecule has 2 amide bonds. The van der Waals surface area contributed by atoms with E-state index in [9.17, 15) is 4.79 Å². The molecule has 1 heterocycles. The van der Waals surface area contributed by atoms with E-state index >= 15 is 0 Å². The van der Waals surface area contributed by atoms with Gasteiger partial charge in [-0.25, -0.2) is 10.2 Å². The standard InChI is InChI=1S/C11H13N3O/c1-9-13(2)12-11(15)14(9)8-10-6-4-3-5-7-10/h3-7H,1,8H2,2H3,(H,12,15). The number of hydrazine groups is 1. The number of rotatable bonds is 2. The van der Waals surface area contributed by atoms with Gasteiger partial charge in [0.25, 0.3) is 0 Å². The average molecular weight is 203 g/mol. The summed E-state index contributed by atoms with van der Waals surface area (Å²) < 4.78 is 0. The van der Waals surface area contributed by atoms with E-state index < -0.39 is 0 Å². The van der Waals surface area contributed by atoms with Gasteiger partial charge in [0.2, 0.25) is 0 Å². The molecule has 2 rings (SSSR count). The van der Waals surface area contributed by atoms with E-state index in [1.54, 1.807) is 17.0 Å². The van der Waals surface area contributed by atoms with E-state index in [1.165, 1.54) is 0 Å². The highest BCUT2D eigenvalue weighted by atomic mass is 16.2. The number of hydrogen-bond donors (Lipinski definition) is 1. The third kappa shape index (κ3) is 1.79. The normalized spacial score (nSPS) is 15.8. The number of benzene rings is 1. The van der Waals surface area contributed by atoms with Crippen molar-refractivity contribution in [2.24, 2.45) is 0 Å². The fourth-order valence-electron chi connectivity index (χ4n) is 1.50. The van der Waals surface area contributed by atoms with Crippen LogP contribution in [0.5, 0.6) is 0 Å². The largest absolute Gasteiger partial charge is 0.342 e. The van der Waals surface area contributed by atoms with Crippen molar-refractivity contribution in [3.05, 3.63) is 48.3 Å². The van der Waals surface area contributed by atoms with Gasteiger partial charge in [0.05, 0.1) is 6.54 Å². The number of carbonyl (C=O) groups excluding carboxylic acids is 1. The summed E-state index contributed by atoms with van der Waals surface area (Å²) in [7, 11) is 1.77. The zero-order chi connectivity index (χ0) is 10.8. The van der Waals surface area contributed by atoms with Crippen molar-refractivity contribution in [3.8, 4) is 0 Å². The summed E-state index contributed by atoms with van der Waals surface area (Å²) in [4.78, 5) is 13.1. The maximum atomic E-state index is 11.5. The molecule has 15 heavy (non-hydrogen) atoms. The van der Waals surface area contributed by atoms with Crippen molar-refractivity contribution in [1.82, 2.24) is 15.3 Å². The number of nitrogens with one attached hydrogen (secondary N) is 1. The smallest absolute Gasteiger partial charge is 0.273 e. The molecule has 78 valence electrons. The fraction of sp³-hybridized carbons (Fsp3) is 0.182. The van der Waals surface area contributed by atoms with E-state index in [4.69, 9.17) is 0 Å². The highest BCUT2D eigenvalue weighted by molar-refractivity contribution is 5.78. The van der Waals surface area contributed by atoms with Crippen molar-refractivity contribution in [2.75, 3.05) is 7.05 Å². The first-order valence-corrected chi connectivity index (χ1v) is 4.73. The quantitative estimate of drug-likeness (QED) is 0.791. The van der Waals surface area contributed by atoms with E-state index in [1.807, 2.05) is 30.3 Å². The monoisotopic (exact) mass is 203 g/mol. The van der Waals surface area contributed by atoms with Crippen LogP contribution in [0, 0.1) is 0 Å². The second kappa shape index (κ2) is 3.65. The molecule has 0 bridgehead atoms. The lowest BCUT2D eigenvalue weighted by Gasteiger charge is -2.16. The Labute approximate surface area is 88.8 Å². The number of hydrogen-bond acceptors (Lipinski definition) is 2. The van der Waals surface area contributed by atoms with Gasteiger partial charge in [0, 0.05) is 7.05 Å². The lowest BCUT2D eigenvalue weighted by atomic mass is 10.2. The Balaban J connectivity index is 2.13. The van der Waals surface area contributed by atoms with E-state index in [2.05, 4.69) is 12.0 Å². The summed E-state index contributed by atoms with van der Waals surface area (Å²) >= 11 is 0. The molecule has 1 aromatic carbocycles. The van der Waals surface area contributed by atoms with Gasteiger partial charge in [-0.1, -0.05) is 36.9 Å². The molecule has 1 aromatic rings. The van der Waals surface area contributed by atoms with Crippen molar-refractivity contribution < 1.29 is 4.79 Å². The van der Waals surface area contributed by atoms with Crippen LogP contribution in [0.2, 0.25) is 0 Å². The van der Waals surface area contributed by atoms with Crippen LogP contribution in [0.25, 0.3) is 0 Å². The fourth-order valence-corrected chi connectivity index (χ4v) is 1.50. The van der Waals surface area contributed by atoms with Gasteiger partial charge in [0.15, 0.2) is 0 Å². The summed E-state index contributed by atoms with van der Waals surface area (Å²) in [6.45, 7) is 4.38. The topological polar surface area (TPSA) is 35.6 Å². The van der Waals surface area contributed by atoms with Gasteiger partial charge < -0.3 is 0 Å². The molecule has 0 aliphatic carbocycles. The van der Waals surface area contributed by atoms with Gasteiger partial charge in [-0.2, -0.15) is 0 Å². The molecule has 4 heteroatoms. The number of amides is 2. The minimum absolute atomic E-state index is 0.133. The van der Waals surface area contributed by atoms with Crippen LogP contribution in [0.1, 0.15) is 5.56 Å². The summed E-state index contributed by atoms with van der Waals surface area (Å²) in [6, 6.07) is 9.70. The summed E-state index contributed by atoms with van der Waals surface area (Å²) in [5, 5.41) is 1.62. The van der Waals surface area contributed by atoms with Gasteiger partial charge in [-0.05, 0) is 5.56 Å². The van der Waals surface area contributed by atoms with Crippen LogP contribution < -0.4 is 5.43 Å². The van der Waals surface area contributed by atoms with Crippen molar-refractivity contribution in [2.45, 2.75) is 6.54 Å². The van der Waals surface area contributed by atoms with E-state index in [-0.39, 0.29) is 6.03 Å². The van der Waals surface area contributed by atoms with Crippen LogP contribution in [-0.4, -0.2) is 23.0 Å². The Morgan fingerprint density at radius 3 is 2.53 bits per heavy atom. The maximum absolute atomic E-state index is 11.5. The molecule has 0 unspecified atom stereocenters. The van der Waals surface area contributed by atoms with Crippen molar-refractivity contribution >= 4 is 6.03 Å². The third-order valence-corrected chi connectivity index (χ3v) is 2.39. The Morgan fingerprint density at radius 2 is 2.00 bits per heavy atom. The van der Waals surface area contributed by atoms with Gasteiger partial charge in [0.1, 0.15) is 5.82 Å². The van der Waals surface area contributed by atoms with Crippen LogP contribution in [0.15, 0.2) is 42.7 Å². The maximum Gasteiger partial charge on any atom is 0.342 e. The molecular formula is C11H13N3O. The van der Waals surface area contributed by atoms with Crippen molar-refractivity contribution in [3.63, 3.8) is 0 Å². The van der Waals surface area contributed by atoms with Crippen LogP contribution >= 0.6 is 0 Å². The average Bonchev–Trinajstić information content (AvgIpc) is 2.47. The molecule has 1 saturated heterocycles. The number of carbonyl (C=O) groups is 1. The van der Waals surface area contributed by atoms with Crippen LogP contribution in [0.4, 0.5) is 4.79 Å². The predicted octanol–water partition coefficient (Wildman–Crippen LogP) is 1.53. The third-order valence-electron chi connectivity index (χ3n) is 2.39. The second-order valence-corrected chi connectivity index (χ2v) is 3.46. The first-order valence-electron chi connectivity index (χ1n) is 4.73. The van der Waals surface area contributed by atoms with Crippen LogP contribution in [-0.2, 0) is 6.54 Å². The number of urea groups is 1. The molecule has 0 radical (unpaired) electrons. The molecule has 0 aromatic heterocycles. The molecule has 4 nitrogen and oxygen atoms in total. The van der Waals surface area contributed by atoms with Gasteiger partial charge in [-0.3, -0.25) is 9.91 Å². The first-order chi connectivity index (χ1) is 7.18. The molecule has 1 fully saturated rings. The molecular weight excluding hydrogens is 190 g/mol. The zero-order valence-electron chi connectivity index (χ0n) is 8.60. The lowest BCUT2D eigenvalue weighted by Crippen LogP contribution is -2.29. The lowest BCUT2D eigenvalue weighted by molar-refractivity contribution is 0.220. The highest BCUT2D eigenvalue weighted by Crippen LogP contribution is 2.16. The van der Waals surface area contributed by atoms with E-state index in [0.29, 0.717) is 12.4 Å². The summed E-state index contributed by atoms with van der Waals surface area (Å²) in [5.74, 6) is 0.670. The minimum Gasteiger partial charge on any atom is -0.273 e. The zero-order valence-corrected chi connectivity index (χ0v) is 8.60. The van der Waals surface area contributed by atoms with Crippen molar-refractivity contribution in [1.29, 1.82) is 0 Å². The van der Waals surface area contributed by atoms with Gasteiger partial charge >= 0.3 is 6.03 Å². The number of nitrogens with zero attached hydrogens (tertiary/aromatic N) is 2. The Kier molecular flexibility index (Phi) is 2.33. The summed E-state index contributed by atoms with van der Waals surface area (Å²) in [5.41, 5.74) is 3.74. The molecule has 1 aliphatic rings. The summed E-state index contributed by atoms with van der Waals surface area (Å²) in [6.07, 6.45) is 0. The molecule has 1 N–H and O–H groups in total. The SMILES string of the molecule is C=C1N(C)NC(=O)N1Cc1ccccc1. The minimum atomic E-state index is -0.133. The highest BCUT2D eigenvalue weighted by Gasteiger charge is 2.27. The first kappa shape index (κ1) is 9.58. The Hall–Kier alpha value is -1.97. The molecule has 0 saturated carbocycles. The molecule has 1 aliphatic heterocycles. The molecule has 0 atom stereocenters. The Bertz CT molecular complexity index is 388. The molecule has 0 spiro atoms. The van der Waals surface area contributed by atoms with Crippen LogP contribution in [0.3, 0.4) is 0 Å².